The minimum Gasteiger partial charge on any atom is -0.463 e. The zero-order valence-electron chi connectivity index (χ0n) is 40.2. The summed E-state index contributed by atoms with van der Waals surface area (Å²) in [5.74, 6) is -0.876. The molecule has 0 aromatic carbocycles. The van der Waals surface area contributed by atoms with Crippen molar-refractivity contribution >= 4 is 17.9 Å². The number of ether oxygens (including phenoxy) is 3. The summed E-state index contributed by atoms with van der Waals surface area (Å²) in [5.41, 5.74) is 0. The predicted octanol–water partition coefficient (Wildman–Crippen LogP) is 10.5. The maximum Gasteiger partial charge on any atom is 0.305 e. The zero-order chi connectivity index (χ0) is 45.0. The smallest absolute Gasteiger partial charge is 0.305 e. The summed E-state index contributed by atoms with van der Waals surface area (Å²) >= 11 is 0. The first-order valence-corrected chi connectivity index (χ1v) is 25.6. The molecule has 0 amide bonds. The summed E-state index contributed by atoms with van der Waals surface area (Å²) in [7, 11) is 0. The molecule has 0 saturated heterocycles. The van der Waals surface area contributed by atoms with Gasteiger partial charge in [-0.25, -0.2) is 0 Å². The molecule has 0 bridgehead atoms. The van der Waals surface area contributed by atoms with Crippen LogP contribution in [-0.4, -0.2) is 120 Å². The summed E-state index contributed by atoms with van der Waals surface area (Å²) in [4.78, 5) is 41.1. The summed E-state index contributed by atoms with van der Waals surface area (Å²) in [6.45, 7) is 11.0. The molecule has 0 aliphatic carbocycles. The Balaban J connectivity index is 4.77. The van der Waals surface area contributed by atoms with Crippen molar-refractivity contribution in [2.75, 3.05) is 59.1 Å². The number of carbonyl (C=O) groups excluding carboxylic acids is 3. The van der Waals surface area contributed by atoms with Crippen molar-refractivity contribution in [1.29, 1.82) is 0 Å². The Hall–Kier alpha value is -1.79. The Kier molecular flexibility index (Phi) is 43.5. The van der Waals surface area contributed by atoms with Gasteiger partial charge in [0.25, 0.3) is 0 Å². The zero-order valence-corrected chi connectivity index (χ0v) is 40.2. The second-order valence-electron chi connectivity index (χ2n) is 17.8. The summed E-state index contributed by atoms with van der Waals surface area (Å²) in [6, 6.07) is 0. The molecule has 0 aliphatic heterocycles. The number of carbonyl (C=O) groups is 3. The van der Waals surface area contributed by atoms with Crippen molar-refractivity contribution in [1.82, 2.24) is 9.80 Å². The first-order valence-electron chi connectivity index (χ1n) is 25.6. The van der Waals surface area contributed by atoms with Crippen molar-refractivity contribution in [2.24, 2.45) is 0 Å². The van der Waals surface area contributed by atoms with Crippen molar-refractivity contribution in [2.45, 2.75) is 245 Å². The Labute approximate surface area is 374 Å². The van der Waals surface area contributed by atoms with Crippen LogP contribution in [0.1, 0.15) is 227 Å². The Bertz CT molecular complexity index is 941. The number of aliphatic hydroxyl groups excluding tert-OH is 3. The van der Waals surface area contributed by atoms with Crippen LogP contribution in [0.3, 0.4) is 0 Å². The Morgan fingerprint density at radius 3 is 0.885 bits per heavy atom. The van der Waals surface area contributed by atoms with Crippen LogP contribution in [0.4, 0.5) is 0 Å². The first kappa shape index (κ1) is 59.2. The van der Waals surface area contributed by atoms with Crippen LogP contribution in [0, 0.1) is 0 Å². The van der Waals surface area contributed by atoms with Crippen molar-refractivity contribution in [3.8, 4) is 0 Å². The second-order valence-corrected chi connectivity index (χ2v) is 17.8. The molecule has 0 aromatic rings. The molecule has 0 fully saturated rings. The lowest BCUT2D eigenvalue weighted by Gasteiger charge is -2.29. The number of nitrogens with zero attached hydrogens (tertiary/aromatic N) is 2. The van der Waals surface area contributed by atoms with Gasteiger partial charge in [-0.1, -0.05) is 182 Å². The highest BCUT2D eigenvalue weighted by Gasteiger charge is 2.20. The van der Waals surface area contributed by atoms with Crippen molar-refractivity contribution in [3.63, 3.8) is 0 Å². The standard InChI is InChI=1S/C50H98N2O9/c1-5-9-12-15-18-21-24-27-30-34-48(56)59-42-45(53)39-51(8-4)37-33-38-52(40-46(54)43-60-49(57)35-31-28-25-22-19-16-13-10-6-2)41-47(55)44-61-50(58)36-32-29-26-23-20-17-14-11-7-3/h45-47,53-55H,5-44H2,1-4H3. The highest BCUT2D eigenvalue weighted by atomic mass is 16.5. The van der Waals surface area contributed by atoms with Gasteiger partial charge in [0.15, 0.2) is 0 Å². The molecule has 3 atom stereocenters. The fourth-order valence-electron chi connectivity index (χ4n) is 7.73. The number of likely N-dealkylation sites (N-methyl/N-ethyl adjacent to an activating group) is 1. The van der Waals surface area contributed by atoms with Gasteiger partial charge in [0.2, 0.25) is 0 Å². The third-order valence-electron chi connectivity index (χ3n) is 11.6. The molecule has 0 radical (unpaired) electrons. The van der Waals surface area contributed by atoms with Crippen LogP contribution in [0.15, 0.2) is 0 Å². The predicted molar refractivity (Wildman–Crippen MR) is 250 cm³/mol. The van der Waals surface area contributed by atoms with Crippen molar-refractivity contribution < 1.29 is 43.9 Å². The molecule has 11 nitrogen and oxygen atoms in total. The van der Waals surface area contributed by atoms with Gasteiger partial charge in [0.1, 0.15) is 38.1 Å². The molecule has 0 rings (SSSR count). The van der Waals surface area contributed by atoms with E-state index < -0.39 is 18.3 Å². The quantitative estimate of drug-likeness (QED) is 0.0305. The minimum absolute atomic E-state index is 0.0348. The molecule has 3 N–H and O–H groups in total. The van der Waals surface area contributed by atoms with Gasteiger partial charge in [0.05, 0.1) is 0 Å². The largest absolute Gasteiger partial charge is 0.463 e. The molecule has 11 heteroatoms. The molecule has 61 heavy (non-hydrogen) atoms. The Morgan fingerprint density at radius 1 is 0.361 bits per heavy atom. The number of aliphatic hydroxyl groups is 3. The van der Waals surface area contributed by atoms with Crippen LogP contribution < -0.4 is 0 Å². The van der Waals surface area contributed by atoms with E-state index in [1.54, 1.807) is 0 Å². The molecule has 0 saturated carbocycles. The highest BCUT2D eigenvalue weighted by Crippen LogP contribution is 2.14. The van der Waals surface area contributed by atoms with Gasteiger partial charge in [-0.2, -0.15) is 0 Å². The lowest BCUT2D eigenvalue weighted by Crippen LogP contribution is -2.43. The molecular formula is C50H98N2O9. The summed E-state index contributed by atoms with van der Waals surface area (Å²) in [6.07, 6.45) is 30.6. The van der Waals surface area contributed by atoms with E-state index in [4.69, 9.17) is 14.2 Å². The van der Waals surface area contributed by atoms with E-state index in [1.165, 1.54) is 116 Å². The van der Waals surface area contributed by atoms with Crippen LogP contribution >= 0.6 is 0 Å². The topological polar surface area (TPSA) is 146 Å². The van der Waals surface area contributed by atoms with Crippen LogP contribution in [-0.2, 0) is 28.6 Å². The lowest BCUT2D eigenvalue weighted by molar-refractivity contribution is -0.148. The molecule has 0 aromatic heterocycles. The SMILES string of the molecule is CCCCCCCCCCCC(=O)OCC(O)CN(CC)CCCN(CC(O)COC(=O)CCCCCCCCCCC)CC(O)COC(=O)CCCCCCCCCCC. The highest BCUT2D eigenvalue weighted by molar-refractivity contribution is 5.69. The lowest BCUT2D eigenvalue weighted by atomic mass is 10.1. The fourth-order valence-corrected chi connectivity index (χ4v) is 7.73. The van der Waals surface area contributed by atoms with Gasteiger partial charge in [-0.15, -0.1) is 0 Å². The monoisotopic (exact) mass is 871 g/mol. The van der Waals surface area contributed by atoms with Gasteiger partial charge in [0, 0.05) is 38.9 Å². The molecule has 0 heterocycles. The Morgan fingerprint density at radius 2 is 0.607 bits per heavy atom. The maximum absolute atomic E-state index is 12.4. The number of hydrogen-bond donors (Lipinski definition) is 3. The molecular weight excluding hydrogens is 773 g/mol. The van der Waals surface area contributed by atoms with E-state index in [1.807, 2.05) is 11.8 Å². The number of esters is 3. The number of hydrogen-bond acceptors (Lipinski definition) is 11. The van der Waals surface area contributed by atoms with E-state index in [2.05, 4.69) is 25.7 Å². The summed E-state index contributed by atoms with van der Waals surface area (Å²) < 4.78 is 16.2. The first-order chi connectivity index (χ1) is 29.6. The van der Waals surface area contributed by atoms with Gasteiger partial charge >= 0.3 is 17.9 Å². The van der Waals surface area contributed by atoms with Crippen LogP contribution in [0.25, 0.3) is 0 Å². The third-order valence-corrected chi connectivity index (χ3v) is 11.6. The molecule has 0 spiro atoms. The molecule has 0 aliphatic rings. The van der Waals surface area contributed by atoms with Crippen LogP contribution in [0.2, 0.25) is 0 Å². The van der Waals surface area contributed by atoms with Crippen LogP contribution in [0.5, 0.6) is 0 Å². The molecule has 362 valence electrons. The van der Waals surface area contributed by atoms with E-state index in [-0.39, 0.29) is 50.8 Å². The third kappa shape index (κ3) is 42.0. The van der Waals surface area contributed by atoms with Gasteiger partial charge in [-0.05, 0) is 45.3 Å². The fraction of sp³-hybridized carbons (Fsp3) is 0.940. The maximum atomic E-state index is 12.4. The summed E-state index contributed by atoms with van der Waals surface area (Å²) in [5, 5.41) is 32.4. The average Bonchev–Trinajstić information content (AvgIpc) is 3.24. The van der Waals surface area contributed by atoms with E-state index in [0.717, 1.165) is 57.8 Å². The van der Waals surface area contributed by atoms with Gasteiger partial charge in [-0.3, -0.25) is 19.3 Å². The van der Waals surface area contributed by atoms with E-state index in [0.29, 0.717) is 51.9 Å². The number of unbranched alkanes of at least 4 members (excludes halogenated alkanes) is 24. The van der Waals surface area contributed by atoms with E-state index >= 15 is 0 Å². The minimum atomic E-state index is -0.942. The van der Waals surface area contributed by atoms with E-state index in [9.17, 15) is 29.7 Å². The van der Waals surface area contributed by atoms with Crippen molar-refractivity contribution in [3.05, 3.63) is 0 Å². The molecule has 3 unspecified atom stereocenters. The normalized spacial score (nSPS) is 13.1. The number of rotatable bonds is 47. The average molecular weight is 871 g/mol. The second kappa shape index (κ2) is 44.8. The van der Waals surface area contributed by atoms with Gasteiger partial charge < -0.3 is 34.4 Å².